The fourth-order valence-electron chi connectivity index (χ4n) is 3.67. The average Bonchev–Trinajstić information content (AvgIpc) is 3.26. The summed E-state index contributed by atoms with van der Waals surface area (Å²) < 4.78 is 15.9. The molecular formula is C22H26N4O5. The lowest BCUT2D eigenvalue weighted by Crippen LogP contribution is -2.43. The normalized spacial score (nSPS) is 15.3. The van der Waals surface area contributed by atoms with E-state index in [2.05, 4.69) is 16.0 Å². The van der Waals surface area contributed by atoms with E-state index in [-0.39, 0.29) is 18.9 Å². The number of amides is 4. The zero-order valence-corrected chi connectivity index (χ0v) is 17.3. The highest BCUT2D eigenvalue weighted by Gasteiger charge is 2.24. The van der Waals surface area contributed by atoms with Crippen molar-refractivity contribution >= 4 is 23.4 Å². The van der Waals surface area contributed by atoms with Gasteiger partial charge < -0.3 is 35.1 Å². The second kappa shape index (κ2) is 9.46. The summed E-state index contributed by atoms with van der Waals surface area (Å²) in [5.74, 6) is 2.24. The molecule has 0 spiro atoms. The Labute approximate surface area is 180 Å². The molecular weight excluding hydrogens is 400 g/mol. The van der Waals surface area contributed by atoms with Crippen LogP contribution in [0.1, 0.15) is 12.8 Å². The first kappa shape index (κ1) is 20.6. The molecule has 0 bridgehead atoms. The molecule has 9 nitrogen and oxygen atoms in total. The molecule has 31 heavy (non-hydrogen) atoms. The first-order valence-corrected chi connectivity index (χ1v) is 10.3. The Bertz CT molecular complexity index is 943. The molecule has 0 aliphatic carbocycles. The molecule has 164 valence electrons. The van der Waals surface area contributed by atoms with Gasteiger partial charge in [-0.2, -0.15) is 0 Å². The lowest BCUT2D eigenvalue weighted by Gasteiger charge is -2.32. The lowest BCUT2D eigenvalue weighted by molar-refractivity contribution is 0.174. The standard InChI is InChI=1S/C22H26N4O5/c1-29-18-5-3-2-4-17(18)25-22(28)26-10-8-15(9-11-26)13-23-21(27)24-16-6-7-19-20(12-16)31-14-30-19/h2-7,12,15H,8-11,13-14H2,1H3,(H,25,28)(H2,23,24,27). The fourth-order valence-corrected chi connectivity index (χ4v) is 3.67. The number of hydrogen-bond acceptors (Lipinski definition) is 5. The molecule has 2 aliphatic heterocycles. The van der Waals surface area contributed by atoms with Crippen LogP contribution in [0, 0.1) is 5.92 Å². The molecule has 0 unspecified atom stereocenters. The Morgan fingerprint density at radius 3 is 2.65 bits per heavy atom. The molecule has 3 N–H and O–H groups in total. The summed E-state index contributed by atoms with van der Waals surface area (Å²) in [6.07, 6.45) is 1.65. The van der Waals surface area contributed by atoms with Crippen LogP contribution in [-0.2, 0) is 0 Å². The number of fused-ring (bicyclic) bond motifs is 1. The van der Waals surface area contributed by atoms with Gasteiger partial charge in [0.1, 0.15) is 5.75 Å². The number of nitrogens with one attached hydrogen (secondary N) is 3. The Kier molecular flexibility index (Phi) is 6.30. The van der Waals surface area contributed by atoms with Gasteiger partial charge in [0.15, 0.2) is 11.5 Å². The number of urea groups is 2. The van der Waals surface area contributed by atoms with Crippen molar-refractivity contribution in [1.29, 1.82) is 0 Å². The molecule has 0 atom stereocenters. The number of para-hydroxylation sites is 2. The Morgan fingerprint density at radius 1 is 1.06 bits per heavy atom. The van der Waals surface area contributed by atoms with Crippen LogP contribution in [0.5, 0.6) is 17.2 Å². The van der Waals surface area contributed by atoms with Crippen molar-refractivity contribution in [3.05, 3.63) is 42.5 Å². The summed E-state index contributed by atoms with van der Waals surface area (Å²) in [7, 11) is 1.58. The van der Waals surface area contributed by atoms with Crippen LogP contribution in [0.15, 0.2) is 42.5 Å². The molecule has 0 aromatic heterocycles. The molecule has 1 saturated heterocycles. The number of benzene rings is 2. The van der Waals surface area contributed by atoms with Gasteiger partial charge in [0.05, 0.1) is 12.8 Å². The van der Waals surface area contributed by atoms with Crippen LogP contribution in [0.2, 0.25) is 0 Å². The van der Waals surface area contributed by atoms with E-state index in [9.17, 15) is 9.59 Å². The molecule has 0 saturated carbocycles. The van der Waals surface area contributed by atoms with Crippen molar-refractivity contribution < 1.29 is 23.8 Å². The van der Waals surface area contributed by atoms with Crippen molar-refractivity contribution in [2.45, 2.75) is 12.8 Å². The third-order valence-corrected chi connectivity index (χ3v) is 5.43. The summed E-state index contributed by atoms with van der Waals surface area (Å²) in [6.45, 7) is 2.02. The highest BCUT2D eigenvalue weighted by atomic mass is 16.7. The van der Waals surface area contributed by atoms with Crippen LogP contribution in [0.3, 0.4) is 0 Å². The maximum atomic E-state index is 12.6. The predicted molar refractivity (Wildman–Crippen MR) is 116 cm³/mol. The summed E-state index contributed by atoms with van der Waals surface area (Å²) in [4.78, 5) is 26.6. The number of hydrogen-bond donors (Lipinski definition) is 3. The first-order chi connectivity index (χ1) is 15.1. The fraction of sp³-hybridized carbons (Fsp3) is 0.364. The second-order valence-corrected chi connectivity index (χ2v) is 7.46. The number of anilines is 2. The molecule has 0 radical (unpaired) electrons. The summed E-state index contributed by atoms with van der Waals surface area (Å²) in [5.41, 5.74) is 1.29. The van der Waals surface area contributed by atoms with Crippen LogP contribution in [0.25, 0.3) is 0 Å². The van der Waals surface area contributed by atoms with Gasteiger partial charge in [-0.25, -0.2) is 9.59 Å². The Hall–Kier alpha value is -3.62. The SMILES string of the molecule is COc1ccccc1NC(=O)N1CCC(CNC(=O)Nc2ccc3c(c2)OCO3)CC1. The van der Waals surface area contributed by atoms with Crippen molar-refractivity contribution in [1.82, 2.24) is 10.2 Å². The third kappa shape index (κ3) is 5.11. The molecule has 2 aromatic rings. The van der Waals surface area contributed by atoms with E-state index in [1.54, 1.807) is 30.2 Å². The molecule has 2 heterocycles. The zero-order valence-electron chi connectivity index (χ0n) is 17.3. The predicted octanol–water partition coefficient (Wildman–Crippen LogP) is 3.49. The Morgan fingerprint density at radius 2 is 1.84 bits per heavy atom. The monoisotopic (exact) mass is 426 g/mol. The van der Waals surface area contributed by atoms with Crippen molar-refractivity contribution in [2.24, 2.45) is 5.92 Å². The largest absolute Gasteiger partial charge is 0.495 e. The van der Waals surface area contributed by atoms with Gasteiger partial charge in [0.25, 0.3) is 0 Å². The molecule has 1 fully saturated rings. The highest BCUT2D eigenvalue weighted by Crippen LogP contribution is 2.34. The van der Waals surface area contributed by atoms with E-state index >= 15 is 0 Å². The minimum absolute atomic E-state index is 0.142. The van der Waals surface area contributed by atoms with Crippen LogP contribution in [0.4, 0.5) is 21.0 Å². The van der Waals surface area contributed by atoms with Crippen LogP contribution < -0.4 is 30.2 Å². The van der Waals surface area contributed by atoms with Crippen molar-refractivity contribution in [3.8, 4) is 17.2 Å². The number of piperidine rings is 1. The van der Waals surface area contributed by atoms with Crippen molar-refractivity contribution in [3.63, 3.8) is 0 Å². The number of carbonyl (C=O) groups is 2. The van der Waals surface area contributed by atoms with Crippen LogP contribution >= 0.6 is 0 Å². The maximum Gasteiger partial charge on any atom is 0.321 e. The number of likely N-dealkylation sites (tertiary alicyclic amines) is 1. The molecule has 2 aliphatic rings. The number of carbonyl (C=O) groups excluding carboxylic acids is 2. The van der Waals surface area contributed by atoms with Gasteiger partial charge in [-0.15, -0.1) is 0 Å². The van der Waals surface area contributed by atoms with Gasteiger partial charge in [0.2, 0.25) is 6.79 Å². The molecule has 2 aromatic carbocycles. The van der Waals surface area contributed by atoms with E-state index in [4.69, 9.17) is 14.2 Å². The van der Waals surface area contributed by atoms with Gasteiger partial charge in [-0.3, -0.25) is 0 Å². The van der Waals surface area contributed by atoms with Gasteiger partial charge >= 0.3 is 12.1 Å². The summed E-state index contributed by atoms with van der Waals surface area (Å²) in [6, 6.07) is 12.2. The number of methoxy groups -OCH3 is 1. The van der Waals surface area contributed by atoms with Crippen LogP contribution in [-0.4, -0.2) is 50.5 Å². The van der Waals surface area contributed by atoms with Gasteiger partial charge in [-0.05, 0) is 43.0 Å². The molecule has 4 amide bonds. The first-order valence-electron chi connectivity index (χ1n) is 10.3. The quantitative estimate of drug-likeness (QED) is 0.680. The van der Waals surface area contributed by atoms with Gasteiger partial charge in [-0.1, -0.05) is 12.1 Å². The number of rotatable bonds is 5. The number of ether oxygens (including phenoxy) is 3. The topological polar surface area (TPSA) is 101 Å². The van der Waals surface area contributed by atoms with E-state index < -0.39 is 0 Å². The third-order valence-electron chi connectivity index (χ3n) is 5.43. The minimum Gasteiger partial charge on any atom is -0.495 e. The minimum atomic E-state index is -0.268. The average molecular weight is 426 g/mol. The van der Waals surface area contributed by atoms with Crippen molar-refractivity contribution in [2.75, 3.05) is 44.2 Å². The summed E-state index contributed by atoms with van der Waals surface area (Å²) in [5, 5.41) is 8.62. The lowest BCUT2D eigenvalue weighted by atomic mass is 9.97. The number of nitrogens with zero attached hydrogens (tertiary/aromatic N) is 1. The van der Waals surface area contributed by atoms with E-state index in [0.29, 0.717) is 54.2 Å². The Balaban J connectivity index is 1.19. The van der Waals surface area contributed by atoms with E-state index in [0.717, 1.165) is 12.8 Å². The van der Waals surface area contributed by atoms with Gasteiger partial charge in [0, 0.05) is 31.4 Å². The highest BCUT2D eigenvalue weighted by molar-refractivity contribution is 5.91. The molecule has 9 heteroatoms. The summed E-state index contributed by atoms with van der Waals surface area (Å²) >= 11 is 0. The maximum absolute atomic E-state index is 12.6. The zero-order chi connectivity index (χ0) is 21.6. The molecule has 4 rings (SSSR count). The van der Waals surface area contributed by atoms with E-state index in [1.165, 1.54) is 0 Å². The van der Waals surface area contributed by atoms with E-state index in [1.807, 2.05) is 24.3 Å². The smallest absolute Gasteiger partial charge is 0.321 e. The second-order valence-electron chi connectivity index (χ2n) is 7.46.